The van der Waals surface area contributed by atoms with Crippen LogP contribution in [0.15, 0.2) is 42.9 Å². The summed E-state index contributed by atoms with van der Waals surface area (Å²) in [6.45, 7) is 2.62. The van der Waals surface area contributed by atoms with Crippen LogP contribution in [0.4, 0.5) is 0 Å². The molecule has 2 aromatic rings. The van der Waals surface area contributed by atoms with E-state index in [0.717, 1.165) is 17.0 Å². The van der Waals surface area contributed by atoms with Crippen LogP contribution >= 0.6 is 0 Å². The van der Waals surface area contributed by atoms with Crippen LogP contribution in [0.1, 0.15) is 6.92 Å². The summed E-state index contributed by atoms with van der Waals surface area (Å²) in [5, 5.41) is 0. The molecule has 0 saturated heterocycles. The zero-order valence-electron chi connectivity index (χ0n) is 8.55. The molecule has 0 aliphatic carbocycles. The maximum Gasteiger partial charge on any atom is 0.128 e. The predicted octanol–water partition coefficient (Wildman–Crippen LogP) is 2.54. The molecule has 0 fully saturated rings. The Morgan fingerprint density at radius 1 is 1.20 bits per heavy atom. The molecule has 1 aromatic carbocycles. The van der Waals surface area contributed by atoms with Gasteiger partial charge in [0.2, 0.25) is 0 Å². The van der Waals surface area contributed by atoms with Crippen LogP contribution in [0.3, 0.4) is 0 Å². The van der Waals surface area contributed by atoms with Gasteiger partial charge in [0.25, 0.3) is 0 Å². The number of hydrogen-bond donors (Lipinski definition) is 0. The van der Waals surface area contributed by atoms with Crippen LogP contribution in [-0.2, 0) is 0 Å². The van der Waals surface area contributed by atoms with Gasteiger partial charge in [0.15, 0.2) is 0 Å². The number of rotatable bonds is 3. The largest absolute Gasteiger partial charge is 0.493 e. The van der Waals surface area contributed by atoms with Crippen molar-refractivity contribution in [3.8, 4) is 17.0 Å². The minimum absolute atomic E-state index is 0.655. The second-order valence-corrected chi connectivity index (χ2v) is 3.02. The van der Waals surface area contributed by atoms with Gasteiger partial charge in [-0.1, -0.05) is 12.1 Å². The van der Waals surface area contributed by atoms with Crippen molar-refractivity contribution in [3.63, 3.8) is 0 Å². The van der Waals surface area contributed by atoms with Gasteiger partial charge in [-0.2, -0.15) is 0 Å². The summed E-state index contributed by atoms with van der Waals surface area (Å²) in [7, 11) is 0. The minimum atomic E-state index is 0.655. The number of para-hydroxylation sites is 1. The quantitative estimate of drug-likeness (QED) is 0.763. The third-order valence-corrected chi connectivity index (χ3v) is 2.04. The third kappa shape index (κ3) is 2.13. The van der Waals surface area contributed by atoms with Crippen LogP contribution < -0.4 is 4.74 Å². The lowest BCUT2D eigenvalue weighted by Gasteiger charge is -2.08. The van der Waals surface area contributed by atoms with E-state index >= 15 is 0 Å². The van der Waals surface area contributed by atoms with Crippen molar-refractivity contribution in [2.24, 2.45) is 0 Å². The predicted molar refractivity (Wildman–Crippen MR) is 58.6 cm³/mol. The molecule has 0 atom stereocenters. The van der Waals surface area contributed by atoms with Crippen LogP contribution in [0.5, 0.6) is 5.75 Å². The molecule has 76 valence electrons. The van der Waals surface area contributed by atoms with E-state index in [-0.39, 0.29) is 0 Å². The first-order valence-corrected chi connectivity index (χ1v) is 4.90. The third-order valence-electron chi connectivity index (χ3n) is 2.04. The first-order valence-electron chi connectivity index (χ1n) is 4.90. The normalized spacial score (nSPS) is 9.93. The molecular formula is C12H12N2O. The average Bonchev–Trinajstić information content (AvgIpc) is 2.31. The van der Waals surface area contributed by atoms with Gasteiger partial charge in [0, 0.05) is 11.8 Å². The van der Waals surface area contributed by atoms with E-state index in [2.05, 4.69) is 9.97 Å². The zero-order valence-corrected chi connectivity index (χ0v) is 8.55. The van der Waals surface area contributed by atoms with Gasteiger partial charge in [-0.25, -0.2) is 9.97 Å². The lowest BCUT2D eigenvalue weighted by Crippen LogP contribution is -1.94. The van der Waals surface area contributed by atoms with E-state index in [9.17, 15) is 0 Å². The molecule has 0 unspecified atom stereocenters. The van der Waals surface area contributed by atoms with Crippen molar-refractivity contribution < 1.29 is 4.74 Å². The van der Waals surface area contributed by atoms with Gasteiger partial charge in [0.05, 0.1) is 12.3 Å². The summed E-state index contributed by atoms with van der Waals surface area (Å²) in [5.74, 6) is 0.860. The molecule has 0 bridgehead atoms. The van der Waals surface area contributed by atoms with Gasteiger partial charge in [-0.15, -0.1) is 0 Å². The van der Waals surface area contributed by atoms with E-state index in [1.54, 1.807) is 6.20 Å². The molecule has 0 N–H and O–H groups in total. The maximum atomic E-state index is 5.53. The Morgan fingerprint density at radius 3 is 2.80 bits per heavy atom. The lowest BCUT2D eigenvalue weighted by atomic mass is 10.1. The van der Waals surface area contributed by atoms with Crippen molar-refractivity contribution in [1.82, 2.24) is 9.97 Å². The Bertz CT molecular complexity index is 429. The summed E-state index contributed by atoms with van der Waals surface area (Å²) >= 11 is 0. The Kier molecular flexibility index (Phi) is 2.93. The fraction of sp³-hybridized carbons (Fsp3) is 0.167. The molecule has 0 saturated carbocycles. The molecular weight excluding hydrogens is 188 g/mol. The Balaban J connectivity index is 2.43. The highest BCUT2D eigenvalue weighted by Crippen LogP contribution is 2.27. The number of nitrogens with zero attached hydrogens (tertiary/aromatic N) is 2. The number of hydrogen-bond acceptors (Lipinski definition) is 3. The molecule has 0 radical (unpaired) electrons. The van der Waals surface area contributed by atoms with Crippen LogP contribution in [-0.4, -0.2) is 16.6 Å². The number of aromatic nitrogens is 2. The van der Waals surface area contributed by atoms with E-state index in [1.165, 1.54) is 6.33 Å². The first-order chi connectivity index (χ1) is 7.42. The summed E-state index contributed by atoms with van der Waals surface area (Å²) < 4.78 is 5.53. The number of ether oxygens (including phenoxy) is 1. The molecule has 15 heavy (non-hydrogen) atoms. The second-order valence-electron chi connectivity index (χ2n) is 3.02. The molecule has 0 spiro atoms. The maximum absolute atomic E-state index is 5.53. The topological polar surface area (TPSA) is 35.0 Å². The van der Waals surface area contributed by atoms with Gasteiger partial charge in [-0.05, 0) is 25.1 Å². The van der Waals surface area contributed by atoms with Crippen LogP contribution in [0.2, 0.25) is 0 Å². The van der Waals surface area contributed by atoms with Crippen molar-refractivity contribution >= 4 is 0 Å². The lowest BCUT2D eigenvalue weighted by molar-refractivity contribution is 0.341. The SMILES string of the molecule is CCOc1ccccc1-c1ccncn1. The summed E-state index contributed by atoms with van der Waals surface area (Å²) in [4.78, 5) is 8.10. The molecule has 0 amide bonds. The van der Waals surface area contributed by atoms with Crippen molar-refractivity contribution in [3.05, 3.63) is 42.9 Å². The van der Waals surface area contributed by atoms with E-state index in [4.69, 9.17) is 4.74 Å². The molecule has 3 heteroatoms. The molecule has 1 aromatic heterocycles. The smallest absolute Gasteiger partial charge is 0.128 e. The van der Waals surface area contributed by atoms with Gasteiger partial charge >= 0.3 is 0 Å². The second kappa shape index (κ2) is 4.55. The minimum Gasteiger partial charge on any atom is -0.493 e. The van der Waals surface area contributed by atoms with Crippen molar-refractivity contribution in [2.45, 2.75) is 6.92 Å². The standard InChI is InChI=1S/C12H12N2O/c1-2-15-12-6-4-3-5-10(12)11-7-8-13-9-14-11/h3-9H,2H2,1H3. The molecule has 3 nitrogen and oxygen atoms in total. The molecule has 1 heterocycles. The van der Waals surface area contributed by atoms with Crippen molar-refractivity contribution in [2.75, 3.05) is 6.61 Å². The first kappa shape index (κ1) is 9.65. The summed E-state index contributed by atoms with van der Waals surface area (Å²) in [6.07, 6.45) is 3.27. The molecule has 0 aliphatic rings. The summed E-state index contributed by atoms with van der Waals surface area (Å²) in [5.41, 5.74) is 1.89. The fourth-order valence-corrected chi connectivity index (χ4v) is 1.41. The zero-order chi connectivity index (χ0) is 10.5. The Labute approximate surface area is 88.8 Å². The summed E-state index contributed by atoms with van der Waals surface area (Å²) in [6, 6.07) is 9.74. The number of benzene rings is 1. The van der Waals surface area contributed by atoms with Gasteiger partial charge in [0.1, 0.15) is 12.1 Å². The monoisotopic (exact) mass is 200 g/mol. The Hall–Kier alpha value is -1.90. The van der Waals surface area contributed by atoms with E-state index in [1.807, 2.05) is 37.3 Å². The molecule has 0 aliphatic heterocycles. The van der Waals surface area contributed by atoms with Crippen molar-refractivity contribution in [1.29, 1.82) is 0 Å². The van der Waals surface area contributed by atoms with Gasteiger partial charge < -0.3 is 4.74 Å². The van der Waals surface area contributed by atoms with Crippen LogP contribution in [0, 0.1) is 0 Å². The average molecular weight is 200 g/mol. The van der Waals surface area contributed by atoms with Crippen LogP contribution in [0.25, 0.3) is 11.3 Å². The van der Waals surface area contributed by atoms with Gasteiger partial charge in [-0.3, -0.25) is 0 Å². The highest BCUT2D eigenvalue weighted by Gasteiger charge is 2.05. The highest BCUT2D eigenvalue weighted by molar-refractivity contribution is 5.66. The van der Waals surface area contributed by atoms with E-state index in [0.29, 0.717) is 6.61 Å². The highest BCUT2D eigenvalue weighted by atomic mass is 16.5. The Morgan fingerprint density at radius 2 is 2.07 bits per heavy atom. The fourth-order valence-electron chi connectivity index (χ4n) is 1.41. The van der Waals surface area contributed by atoms with E-state index < -0.39 is 0 Å². The molecule has 2 rings (SSSR count).